The predicted molar refractivity (Wildman–Crippen MR) is 75.9 cm³/mol. The van der Waals surface area contributed by atoms with E-state index in [9.17, 15) is 13.2 Å². The van der Waals surface area contributed by atoms with E-state index < -0.39 is 11.7 Å². The van der Waals surface area contributed by atoms with Gasteiger partial charge in [0.25, 0.3) is 0 Å². The SMILES string of the molecule is Cl.FC(F)(F)c1ccccc1Nc1nc2cscc2[nH]1. The first-order valence-corrected chi connectivity index (χ1v) is 6.33. The maximum atomic E-state index is 12.8. The summed E-state index contributed by atoms with van der Waals surface area (Å²) in [5.41, 5.74) is 0.804. The van der Waals surface area contributed by atoms with Crippen molar-refractivity contribution in [3.63, 3.8) is 0 Å². The van der Waals surface area contributed by atoms with Gasteiger partial charge in [0.2, 0.25) is 5.95 Å². The Kier molecular flexibility index (Phi) is 3.92. The fourth-order valence-electron chi connectivity index (χ4n) is 1.77. The number of anilines is 2. The second kappa shape index (κ2) is 5.34. The van der Waals surface area contributed by atoms with E-state index in [-0.39, 0.29) is 18.1 Å². The van der Waals surface area contributed by atoms with E-state index in [0.29, 0.717) is 5.95 Å². The number of H-pyrrole nitrogens is 1. The largest absolute Gasteiger partial charge is 0.418 e. The fraction of sp³-hybridized carbons (Fsp3) is 0.0833. The first-order valence-electron chi connectivity index (χ1n) is 5.39. The molecule has 0 radical (unpaired) electrons. The van der Waals surface area contributed by atoms with Gasteiger partial charge in [0, 0.05) is 10.8 Å². The Morgan fingerprint density at radius 2 is 1.90 bits per heavy atom. The van der Waals surface area contributed by atoms with Gasteiger partial charge in [-0.2, -0.15) is 13.2 Å². The molecule has 0 saturated heterocycles. The first-order chi connectivity index (χ1) is 9.04. The van der Waals surface area contributed by atoms with E-state index in [1.165, 1.54) is 23.5 Å². The Balaban J connectivity index is 0.00000147. The van der Waals surface area contributed by atoms with Crippen LogP contribution in [0.4, 0.5) is 24.8 Å². The van der Waals surface area contributed by atoms with Crippen LogP contribution in [0.1, 0.15) is 5.56 Å². The molecular weight excluding hydrogens is 311 g/mol. The molecule has 0 bridgehead atoms. The number of halogens is 4. The number of hydrogen-bond acceptors (Lipinski definition) is 3. The Labute approximate surface area is 122 Å². The third-order valence-corrected chi connectivity index (χ3v) is 3.34. The molecule has 2 N–H and O–H groups in total. The van der Waals surface area contributed by atoms with Crippen molar-refractivity contribution in [2.45, 2.75) is 6.18 Å². The lowest BCUT2D eigenvalue weighted by atomic mass is 10.1. The number of hydrogen-bond donors (Lipinski definition) is 2. The molecule has 0 saturated carbocycles. The van der Waals surface area contributed by atoms with Gasteiger partial charge in [-0.1, -0.05) is 12.1 Å². The van der Waals surface area contributed by atoms with E-state index in [0.717, 1.165) is 17.1 Å². The lowest BCUT2D eigenvalue weighted by Crippen LogP contribution is -2.08. The molecule has 0 unspecified atom stereocenters. The van der Waals surface area contributed by atoms with E-state index in [4.69, 9.17) is 0 Å². The maximum absolute atomic E-state index is 12.8. The summed E-state index contributed by atoms with van der Waals surface area (Å²) in [6.07, 6.45) is -4.40. The topological polar surface area (TPSA) is 40.7 Å². The van der Waals surface area contributed by atoms with E-state index in [1.807, 2.05) is 10.8 Å². The molecule has 2 aromatic heterocycles. The van der Waals surface area contributed by atoms with Crippen molar-refractivity contribution in [3.05, 3.63) is 40.6 Å². The van der Waals surface area contributed by atoms with Crippen LogP contribution in [0.25, 0.3) is 11.0 Å². The summed E-state index contributed by atoms with van der Waals surface area (Å²) >= 11 is 1.48. The highest BCUT2D eigenvalue weighted by Crippen LogP contribution is 2.35. The Hall–Kier alpha value is -1.73. The molecule has 106 valence electrons. The third-order valence-electron chi connectivity index (χ3n) is 2.61. The van der Waals surface area contributed by atoms with E-state index in [1.54, 1.807) is 6.07 Å². The van der Waals surface area contributed by atoms with Gasteiger partial charge in [-0.05, 0) is 12.1 Å². The summed E-state index contributed by atoms with van der Waals surface area (Å²) in [5, 5.41) is 6.35. The number of aromatic nitrogens is 2. The van der Waals surface area contributed by atoms with E-state index >= 15 is 0 Å². The number of nitrogens with one attached hydrogen (secondary N) is 2. The standard InChI is InChI=1S/C12H8F3N3S.ClH/c13-12(14,15)7-3-1-2-4-8(7)16-11-17-9-5-19-6-10(9)18-11;/h1-6H,(H2,16,17,18);1H. The third kappa shape index (κ3) is 2.73. The number of rotatable bonds is 2. The van der Waals surface area contributed by atoms with Crippen LogP contribution in [0.2, 0.25) is 0 Å². The van der Waals surface area contributed by atoms with Crippen molar-refractivity contribution in [3.8, 4) is 0 Å². The van der Waals surface area contributed by atoms with Crippen LogP contribution in [-0.2, 0) is 6.18 Å². The zero-order chi connectivity index (χ0) is 13.5. The maximum Gasteiger partial charge on any atom is 0.418 e. The molecule has 20 heavy (non-hydrogen) atoms. The number of nitrogens with zero attached hydrogens (tertiary/aromatic N) is 1. The average molecular weight is 320 g/mol. The number of alkyl halides is 3. The van der Waals surface area contributed by atoms with Crippen LogP contribution >= 0.6 is 23.7 Å². The van der Waals surface area contributed by atoms with Gasteiger partial charge in [-0.15, -0.1) is 23.7 Å². The predicted octanol–water partition coefficient (Wildman–Crippen LogP) is 4.81. The molecule has 0 aliphatic rings. The van der Waals surface area contributed by atoms with Gasteiger partial charge in [0.15, 0.2) is 0 Å². The molecule has 3 aromatic rings. The molecular formula is C12H9ClF3N3S. The van der Waals surface area contributed by atoms with E-state index in [2.05, 4.69) is 15.3 Å². The molecule has 1 aromatic carbocycles. The van der Waals surface area contributed by atoms with Crippen LogP contribution in [0.15, 0.2) is 35.0 Å². The van der Waals surface area contributed by atoms with Gasteiger partial charge in [-0.3, -0.25) is 0 Å². The highest BCUT2D eigenvalue weighted by Gasteiger charge is 2.33. The number of para-hydroxylation sites is 1. The second-order valence-electron chi connectivity index (χ2n) is 3.92. The highest BCUT2D eigenvalue weighted by atomic mass is 35.5. The van der Waals surface area contributed by atoms with Crippen molar-refractivity contribution in [1.82, 2.24) is 9.97 Å². The van der Waals surface area contributed by atoms with Crippen molar-refractivity contribution in [2.75, 3.05) is 5.32 Å². The zero-order valence-corrected chi connectivity index (χ0v) is 11.5. The number of imidazole rings is 1. The smallest absolute Gasteiger partial charge is 0.325 e. The normalized spacial score (nSPS) is 11.3. The summed E-state index contributed by atoms with van der Waals surface area (Å²) < 4.78 is 38.5. The molecule has 2 heterocycles. The van der Waals surface area contributed by atoms with Crippen LogP contribution in [0, 0.1) is 0 Å². The van der Waals surface area contributed by atoms with Gasteiger partial charge in [0.05, 0.1) is 16.8 Å². The number of thiophene rings is 1. The minimum absolute atomic E-state index is 0. The van der Waals surface area contributed by atoms with Crippen molar-refractivity contribution < 1.29 is 13.2 Å². The van der Waals surface area contributed by atoms with Crippen LogP contribution in [-0.4, -0.2) is 9.97 Å². The minimum atomic E-state index is -4.40. The van der Waals surface area contributed by atoms with Crippen LogP contribution in [0.5, 0.6) is 0 Å². The summed E-state index contributed by atoms with van der Waals surface area (Å²) in [6, 6.07) is 5.31. The molecule has 8 heteroatoms. The molecule has 0 amide bonds. The number of aromatic amines is 1. The highest BCUT2D eigenvalue weighted by molar-refractivity contribution is 7.09. The van der Waals surface area contributed by atoms with Crippen molar-refractivity contribution in [2.24, 2.45) is 0 Å². The summed E-state index contributed by atoms with van der Waals surface area (Å²) in [7, 11) is 0. The lowest BCUT2D eigenvalue weighted by Gasteiger charge is -2.12. The quantitative estimate of drug-likeness (QED) is 0.711. The van der Waals surface area contributed by atoms with Gasteiger partial charge < -0.3 is 10.3 Å². The Bertz CT molecular complexity index is 691. The second-order valence-corrected chi connectivity index (χ2v) is 4.67. The molecule has 0 fully saturated rings. The van der Waals surface area contributed by atoms with Gasteiger partial charge in [-0.25, -0.2) is 4.98 Å². The van der Waals surface area contributed by atoms with Crippen molar-refractivity contribution in [1.29, 1.82) is 0 Å². The summed E-state index contributed by atoms with van der Waals surface area (Å²) in [5.74, 6) is 0.300. The minimum Gasteiger partial charge on any atom is -0.325 e. The fourth-order valence-corrected chi connectivity index (χ4v) is 2.46. The van der Waals surface area contributed by atoms with Crippen LogP contribution in [0.3, 0.4) is 0 Å². The molecule has 3 nitrogen and oxygen atoms in total. The summed E-state index contributed by atoms with van der Waals surface area (Å²) in [6.45, 7) is 0. The number of benzene rings is 1. The first kappa shape index (κ1) is 14.7. The lowest BCUT2D eigenvalue weighted by molar-refractivity contribution is -0.136. The molecule has 0 atom stereocenters. The van der Waals surface area contributed by atoms with Gasteiger partial charge in [0.1, 0.15) is 5.52 Å². The zero-order valence-electron chi connectivity index (χ0n) is 9.86. The average Bonchev–Trinajstić information content (AvgIpc) is 2.88. The van der Waals surface area contributed by atoms with Crippen molar-refractivity contribution >= 4 is 46.4 Å². The molecule has 0 aliphatic heterocycles. The number of fused-ring (bicyclic) bond motifs is 1. The molecule has 3 rings (SSSR count). The Morgan fingerprint density at radius 3 is 2.60 bits per heavy atom. The monoisotopic (exact) mass is 319 g/mol. The summed E-state index contributed by atoms with van der Waals surface area (Å²) in [4.78, 5) is 7.09. The van der Waals surface area contributed by atoms with Crippen LogP contribution < -0.4 is 5.32 Å². The van der Waals surface area contributed by atoms with Gasteiger partial charge >= 0.3 is 6.18 Å². The Morgan fingerprint density at radius 1 is 1.15 bits per heavy atom. The molecule has 0 aliphatic carbocycles. The molecule has 0 spiro atoms.